The Morgan fingerprint density at radius 2 is 2.14 bits per heavy atom. The van der Waals surface area contributed by atoms with E-state index in [0.717, 1.165) is 26.9 Å². The SMILES string of the molecule is CN=Cc1c(N)nc2c(c1N)Cc1cc(C)cc(Br)c1O2. The van der Waals surface area contributed by atoms with Crippen molar-refractivity contribution in [2.45, 2.75) is 13.3 Å². The van der Waals surface area contributed by atoms with Gasteiger partial charge in [0.25, 0.3) is 0 Å². The molecule has 2 aromatic rings. The van der Waals surface area contributed by atoms with Crippen LogP contribution in [0.5, 0.6) is 11.6 Å². The summed E-state index contributed by atoms with van der Waals surface area (Å²) in [6.45, 7) is 2.04. The number of hydrogen-bond acceptors (Lipinski definition) is 5. The lowest BCUT2D eigenvalue weighted by Gasteiger charge is -2.23. The first-order chi connectivity index (χ1) is 10.0. The van der Waals surface area contributed by atoms with E-state index in [4.69, 9.17) is 16.2 Å². The highest BCUT2D eigenvalue weighted by molar-refractivity contribution is 9.10. The number of fused-ring (bicyclic) bond motifs is 2. The van der Waals surface area contributed by atoms with Crippen molar-refractivity contribution < 1.29 is 4.74 Å². The molecule has 0 unspecified atom stereocenters. The summed E-state index contributed by atoms with van der Waals surface area (Å²) in [5, 5.41) is 0. The average Bonchev–Trinajstić information content (AvgIpc) is 2.42. The molecule has 6 heteroatoms. The van der Waals surface area contributed by atoms with Gasteiger partial charge in [0, 0.05) is 30.8 Å². The number of rotatable bonds is 1. The predicted molar refractivity (Wildman–Crippen MR) is 88.3 cm³/mol. The molecule has 1 aromatic carbocycles. The van der Waals surface area contributed by atoms with E-state index < -0.39 is 0 Å². The quantitative estimate of drug-likeness (QED) is 0.663. The fourth-order valence-corrected chi connectivity index (χ4v) is 3.20. The van der Waals surface area contributed by atoms with Gasteiger partial charge >= 0.3 is 0 Å². The number of hydrogen-bond donors (Lipinski definition) is 2. The third-order valence-corrected chi connectivity index (χ3v) is 4.05. The number of anilines is 2. The fraction of sp³-hybridized carbons (Fsp3) is 0.200. The zero-order valence-corrected chi connectivity index (χ0v) is 13.4. The second-order valence-electron chi connectivity index (χ2n) is 5.01. The highest BCUT2D eigenvalue weighted by Crippen LogP contribution is 2.43. The molecule has 0 spiro atoms. The number of nitrogens with zero attached hydrogens (tertiary/aromatic N) is 2. The Morgan fingerprint density at radius 3 is 2.86 bits per heavy atom. The smallest absolute Gasteiger partial charge is 0.226 e. The molecule has 108 valence electrons. The summed E-state index contributed by atoms with van der Waals surface area (Å²) >= 11 is 3.52. The Balaban J connectivity index is 2.18. The summed E-state index contributed by atoms with van der Waals surface area (Å²) in [7, 11) is 1.67. The lowest BCUT2D eigenvalue weighted by Crippen LogP contribution is -2.13. The molecule has 1 aliphatic rings. The second-order valence-corrected chi connectivity index (χ2v) is 5.86. The van der Waals surface area contributed by atoms with Gasteiger partial charge < -0.3 is 16.2 Å². The summed E-state index contributed by atoms with van der Waals surface area (Å²) in [4.78, 5) is 8.29. The zero-order valence-electron chi connectivity index (χ0n) is 11.8. The van der Waals surface area contributed by atoms with Gasteiger partial charge in [0.05, 0.1) is 15.7 Å². The number of nitrogens with two attached hydrogens (primary N) is 2. The number of nitrogen functional groups attached to an aromatic ring is 2. The van der Waals surface area contributed by atoms with Gasteiger partial charge in [-0.2, -0.15) is 4.98 Å². The summed E-state index contributed by atoms with van der Waals surface area (Å²) in [6.07, 6.45) is 2.29. The van der Waals surface area contributed by atoms with Gasteiger partial charge in [0.1, 0.15) is 11.6 Å². The maximum absolute atomic E-state index is 6.22. The Kier molecular flexibility index (Phi) is 3.33. The van der Waals surface area contributed by atoms with Crippen LogP contribution in [0.1, 0.15) is 22.3 Å². The summed E-state index contributed by atoms with van der Waals surface area (Å²) in [5.74, 6) is 1.56. The van der Waals surface area contributed by atoms with Crippen molar-refractivity contribution in [3.8, 4) is 11.6 Å². The van der Waals surface area contributed by atoms with Crippen LogP contribution in [-0.2, 0) is 6.42 Å². The van der Waals surface area contributed by atoms with Crippen LogP contribution in [0.4, 0.5) is 11.5 Å². The monoisotopic (exact) mass is 346 g/mol. The van der Waals surface area contributed by atoms with Crippen LogP contribution >= 0.6 is 15.9 Å². The molecule has 5 nitrogen and oxygen atoms in total. The van der Waals surface area contributed by atoms with Crippen molar-refractivity contribution in [3.63, 3.8) is 0 Å². The van der Waals surface area contributed by atoms with Crippen LogP contribution in [0.3, 0.4) is 0 Å². The van der Waals surface area contributed by atoms with E-state index in [9.17, 15) is 0 Å². The Labute approximate surface area is 131 Å². The highest BCUT2D eigenvalue weighted by Gasteiger charge is 2.25. The van der Waals surface area contributed by atoms with Crippen LogP contribution in [-0.4, -0.2) is 18.2 Å². The zero-order chi connectivity index (χ0) is 15.1. The number of aliphatic imine (C=N–C) groups is 1. The molecule has 21 heavy (non-hydrogen) atoms. The minimum absolute atomic E-state index is 0.323. The van der Waals surface area contributed by atoms with Gasteiger partial charge in [-0.25, -0.2) is 0 Å². The van der Waals surface area contributed by atoms with Gasteiger partial charge in [-0.1, -0.05) is 6.07 Å². The third-order valence-electron chi connectivity index (χ3n) is 3.46. The van der Waals surface area contributed by atoms with Crippen LogP contribution in [0.2, 0.25) is 0 Å². The van der Waals surface area contributed by atoms with E-state index >= 15 is 0 Å². The Hall–Kier alpha value is -2.08. The molecular formula is C15H15BrN4O. The number of aromatic nitrogens is 1. The van der Waals surface area contributed by atoms with Gasteiger partial charge in [0.15, 0.2) is 0 Å². The van der Waals surface area contributed by atoms with Gasteiger partial charge in [0.2, 0.25) is 5.88 Å². The molecular weight excluding hydrogens is 332 g/mol. The molecule has 0 aliphatic carbocycles. The van der Waals surface area contributed by atoms with Crippen LogP contribution in [0.15, 0.2) is 21.6 Å². The van der Waals surface area contributed by atoms with E-state index in [2.05, 4.69) is 32.0 Å². The number of pyridine rings is 1. The molecule has 0 bridgehead atoms. The first-order valence-electron chi connectivity index (χ1n) is 6.48. The average molecular weight is 347 g/mol. The molecule has 1 aromatic heterocycles. The first kappa shape index (κ1) is 13.9. The van der Waals surface area contributed by atoms with Crippen LogP contribution in [0.25, 0.3) is 0 Å². The molecule has 3 rings (SSSR count). The molecule has 0 saturated heterocycles. The summed E-state index contributed by atoms with van der Waals surface area (Å²) in [5.41, 5.74) is 16.5. The molecule has 1 aliphatic heterocycles. The molecule has 0 saturated carbocycles. The van der Waals surface area contributed by atoms with E-state index in [-0.39, 0.29) is 0 Å². The Bertz CT molecular complexity index is 771. The number of halogens is 1. The number of benzene rings is 1. The van der Waals surface area contributed by atoms with E-state index in [1.165, 1.54) is 0 Å². The number of aryl methyl sites for hydroxylation is 1. The van der Waals surface area contributed by atoms with Crippen molar-refractivity contribution >= 4 is 33.6 Å². The van der Waals surface area contributed by atoms with Crippen molar-refractivity contribution in [1.29, 1.82) is 0 Å². The largest absolute Gasteiger partial charge is 0.437 e. The van der Waals surface area contributed by atoms with Crippen molar-refractivity contribution in [3.05, 3.63) is 38.9 Å². The molecule has 4 N–H and O–H groups in total. The predicted octanol–water partition coefficient (Wildman–Crippen LogP) is 3.06. The minimum atomic E-state index is 0.323. The van der Waals surface area contributed by atoms with E-state index in [1.807, 2.05) is 13.0 Å². The van der Waals surface area contributed by atoms with Crippen molar-refractivity contribution in [2.75, 3.05) is 18.5 Å². The summed E-state index contributed by atoms with van der Waals surface area (Å²) < 4.78 is 6.80. The van der Waals surface area contributed by atoms with Gasteiger partial charge in [-0.3, -0.25) is 4.99 Å². The second kappa shape index (κ2) is 5.04. The maximum atomic E-state index is 6.22. The fourth-order valence-electron chi connectivity index (χ4n) is 2.51. The first-order valence-corrected chi connectivity index (χ1v) is 7.27. The summed E-state index contributed by atoms with van der Waals surface area (Å²) in [6, 6.07) is 4.10. The van der Waals surface area contributed by atoms with E-state index in [0.29, 0.717) is 29.4 Å². The van der Waals surface area contributed by atoms with Crippen molar-refractivity contribution in [1.82, 2.24) is 4.98 Å². The van der Waals surface area contributed by atoms with Gasteiger partial charge in [-0.05, 0) is 34.5 Å². The topological polar surface area (TPSA) is 86.5 Å². The van der Waals surface area contributed by atoms with Crippen molar-refractivity contribution in [2.24, 2.45) is 4.99 Å². The molecule has 0 atom stereocenters. The molecule has 2 heterocycles. The van der Waals surface area contributed by atoms with E-state index in [1.54, 1.807) is 13.3 Å². The normalized spacial score (nSPS) is 12.9. The third kappa shape index (κ3) is 2.25. The Morgan fingerprint density at radius 1 is 1.38 bits per heavy atom. The highest BCUT2D eigenvalue weighted by atomic mass is 79.9. The molecule has 0 amide bonds. The lowest BCUT2D eigenvalue weighted by atomic mass is 9.98. The van der Waals surface area contributed by atoms with Gasteiger partial charge in [-0.15, -0.1) is 0 Å². The molecule has 0 radical (unpaired) electrons. The maximum Gasteiger partial charge on any atom is 0.226 e. The minimum Gasteiger partial charge on any atom is -0.437 e. The standard InChI is InChI=1S/C15H15BrN4O/c1-7-3-8-5-9-12(17)10(6-19-2)14(18)20-15(9)21-13(8)11(16)4-7/h3-4,6H,5H2,1-2H3,(H4,17,18,20). The lowest BCUT2D eigenvalue weighted by molar-refractivity contribution is 0.439. The van der Waals surface area contributed by atoms with Crippen LogP contribution < -0.4 is 16.2 Å². The molecule has 0 fully saturated rings. The number of ether oxygens (including phenoxy) is 1. The van der Waals surface area contributed by atoms with Crippen LogP contribution in [0, 0.1) is 6.92 Å².